The van der Waals surface area contributed by atoms with Crippen LogP contribution >= 0.6 is 0 Å². The number of hydrogen-bond donors (Lipinski definition) is 3. The van der Waals surface area contributed by atoms with Crippen LogP contribution in [0.15, 0.2) is 54.7 Å². The van der Waals surface area contributed by atoms with Gasteiger partial charge in [-0.3, -0.25) is 14.9 Å². The summed E-state index contributed by atoms with van der Waals surface area (Å²) in [5, 5.41) is 21.3. The fourth-order valence-electron chi connectivity index (χ4n) is 10.9. The topological polar surface area (TPSA) is 166 Å². The third-order valence-corrected chi connectivity index (χ3v) is 13.9. The summed E-state index contributed by atoms with van der Waals surface area (Å²) >= 11 is 0. The third-order valence-electron chi connectivity index (χ3n) is 13.9. The van der Waals surface area contributed by atoms with Gasteiger partial charge in [0.25, 0.3) is 0 Å². The van der Waals surface area contributed by atoms with E-state index in [4.69, 9.17) is 20.4 Å². The first-order valence-electron chi connectivity index (χ1n) is 21.4. The monoisotopic (exact) mass is 802 g/mol. The summed E-state index contributed by atoms with van der Waals surface area (Å²) in [7, 11) is 0. The second-order valence-corrected chi connectivity index (χ2v) is 17.2. The van der Waals surface area contributed by atoms with Crippen LogP contribution in [0, 0.1) is 5.82 Å². The van der Waals surface area contributed by atoms with Crippen LogP contribution in [0.2, 0.25) is 0 Å². The fraction of sp³-hybridized carbons (Fsp3) is 0.500. The lowest BCUT2D eigenvalue weighted by Crippen LogP contribution is -2.54. The van der Waals surface area contributed by atoms with Crippen molar-refractivity contribution in [2.75, 3.05) is 59.8 Å². The van der Waals surface area contributed by atoms with E-state index in [9.17, 15) is 19.1 Å². The number of anilines is 4. The number of hydrogen-bond acceptors (Lipinski definition) is 13. The molecule has 0 radical (unpaired) electrons. The molecule has 0 spiro atoms. The van der Waals surface area contributed by atoms with Crippen LogP contribution in [0.4, 0.5) is 27.5 Å². The number of piperazine rings is 1. The van der Waals surface area contributed by atoms with Gasteiger partial charge in [0, 0.05) is 61.0 Å². The minimum atomic E-state index is -0.460. The summed E-state index contributed by atoms with van der Waals surface area (Å²) in [5.41, 5.74) is 11.1. The number of benzene rings is 2. The SMILES string of the molecule is Nc1nnc(-c2cc(F)ccc2O)cc1N1C[C@H]2CC[C@@H](C1)N2c1nccc(C2CCN(C3CCC(c4cccc5c4OCCN5[C@@H]4CCC(=O)NC4=O)CC3)CC2)n1. The summed E-state index contributed by atoms with van der Waals surface area (Å²) in [6.07, 6.45) is 11.5. The number of aromatic hydroxyl groups is 1. The summed E-state index contributed by atoms with van der Waals surface area (Å²) in [4.78, 5) is 44.1. The van der Waals surface area contributed by atoms with Crippen LogP contribution in [0.25, 0.3) is 11.3 Å². The molecule has 10 rings (SSSR count). The highest BCUT2D eigenvalue weighted by Crippen LogP contribution is 2.46. The molecule has 4 N–H and O–H groups in total. The van der Waals surface area contributed by atoms with E-state index in [1.807, 2.05) is 6.20 Å². The number of nitrogen functional groups attached to an aromatic ring is 1. The molecule has 14 nitrogen and oxygen atoms in total. The number of nitrogens with zero attached hydrogens (tertiary/aromatic N) is 8. The molecule has 1 aliphatic carbocycles. The number of rotatable bonds is 7. The predicted molar refractivity (Wildman–Crippen MR) is 221 cm³/mol. The normalized spacial score (nSPS) is 26.4. The van der Waals surface area contributed by atoms with Gasteiger partial charge in [-0.15, -0.1) is 10.2 Å². The number of aromatic nitrogens is 4. The molecular weight excluding hydrogens is 752 g/mol. The minimum absolute atomic E-state index is 0.0623. The van der Waals surface area contributed by atoms with Gasteiger partial charge in [0.15, 0.2) is 5.82 Å². The Morgan fingerprint density at radius 3 is 2.39 bits per heavy atom. The van der Waals surface area contributed by atoms with Crippen molar-refractivity contribution < 1.29 is 23.8 Å². The van der Waals surface area contributed by atoms with E-state index in [-0.39, 0.29) is 41.3 Å². The Kier molecular flexibility index (Phi) is 9.93. The van der Waals surface area contributed by atoms with E-state index < -0.39 is 5.82 Å². The number of fused-ring (bicyclic) bond motifs is 3. The van der Waals surface area contributed by atoms with Gasteiger partial charge in [-0.2, -0.15) is 0 Å². The maximum atomic E-state index is 14.1. The zero-order valence-corrected chi connectivity index (χ0v) is 33.2. The number of nitrogens with one attached hydrogen (secondary N) is 1. The van der Waals surface area contributed by atoms with Gasteiger partial charge in [0.1, 0.15) is 30.0 Å². The number of halogens is 1. The molecule has 6 aliphatic rings. The Labute approximate surface area is 342 Å². The molecule has 7 heterocycles. The Hall–Kier alpha value is -5.57. The van der Waals surface area contributed by atoms with E-state index in [0.29, 0.717) is 55.4 Å². The molecule has 1 saturated carbocycles. The number of imide groups is 1. The van der Waals surface area contributed by atoms with Crippen LogP contribution in [-0.4, -0.2) is 105 Å². The molecular formula is C44H51FN10O4. The van der Waals surface area contributed by atoms with E-state index in [2.05, 4.69) is 59.4 Å². The number of para-hydroxylation sites is 1. The second kappa shape index (κ2) is 15.6. The largest absolute Gasteiger partial charge is 0.507 e. The quantitative estimate of drug-likeness (QED) is 0.211. The van der Waals surface area contributed by atoms with Crippen molar-refractivity contribution in [1.82, 2.24) is 30.4 Å². The first kappa shape index (κ1) is 37.7. The average molecular weight is 803 g/mol. The lowest BCUT2D eigenvalue weighted by atomic mass is 9.79. The fourth-order valence-corrected chi connectivity index (χ4v) is 10.9. The zero-order chi connectivity index (χ0) is 40.2. The second-order valence-electron chi connectivity index (χ2n) is 17.2. The standard InChI is InChI=1S/C44H51FN10O4/c45-28-6-12-39(56)33(22-28)35-23-38(42(46)51-50-35)53-24-30-9-10-31(25-53)55(30)44-47-17-14-34(48-44)27-15-18-52(19-16-27)29-7-4-26(5-8-29)32-2-1-3-36-41(32)59-21-20-54(36)37-11-13-40(57)49-43(37)58/h1-3,6,12,14,17,22-23,26-27,29-31,37,56H,4-5,7-11,13,15-16,18-21,24-25H2,(H2,46,51)(H,49,57,58)/t26?,29?,30-,31+,37-/m1/s1. The number of amides is 2. The molecule has 4 saturated heterocycles. The number of nitrogens with two attached hydrogens (primary N) is 1. The number of phenols is 1. The lowest BCUT2D eigenvalue weighted by Gasteiger charge is -2.43. The summed E-state index contributed by atoms with van der Waals surface area (Å²) < 4.78 is 20.4. The smallest absolute Gasteiger partial charge is 0.249 e. The molecule has 5 aliphatic heterocycles. The van der Waals surface area contributed by atoms with E-state index in [1.165, 1.54) is 23.8 Å². The highest BCUT2D eigenvalue weighted by Gasteiger charge is 2.43. The molecule has 15 heteroatoms. The molecule has 2 bridgehead atoms. The number of likely N-dealkylation sites (tertiary alicyclic amines) is 1. The van der Waals surface area contributed by atoms with Gasteiger partial charge in [0.2, 0.25) is 17.8 Å². The third kappa shape index (κ3) is 7.16. The first-order chi connectivity index (χ1) is 28.8. The van der Waals surface area contributed by atoms with E-state index in [0.717, 1.165) is 106 Å². The van der Waals surface area contributed by atoms with Gasteiger partial charge in [0.05, 0.1) is 23.6 Å². The van der Waals surface area contributed by atoms with Gasteiger partial charge in [-0.25, -0.2) is 14.4 Å². The van der Waals surface area contributed by atoms with Gasteiger partial charge < -0.3 is 35.2 Å². The Bertz CT molecular complexity index is 2230. The summed E-state index contributed by atoms with van der Waals surface area (Å²) in [6, 6.07) is 14.7. The molecule has 3 atom stereocenters. The molecule has 4 aromatic rings. The van der Waals surface area contributed by atoms with Crippen molar-refractivity contribution >= 4 is 35.0 Å². The van der Waals surface area contributed by atoms with Gasteiger partial charge in [-0.1, -0.05) is 12.1 Å². The first-order valence-corrected chi connectivity index (χ1v) is 21.4. The Morgan fingerprint density at radius 2 is 1.61 bits per heavy atom. The summed E-state index contributed by atoms with van der Waals surface area (Å²) in [6.45, 7) is 4.73. The molecule has 0 unspecified atom stereocenters. The van der Waals surface area contributed by atoms with Crippen LogP contribution in [0.3, 0.4) is 0 Å². The molecule has 308 valence electrons. The van der Waals surface area contributed by atoms with Crippen molar-refractivity contribution in [3.05, 3.63) is 71.8 Å². The predicted octanol–water partition coefficient (Wildman–Crippen LogP) is 5.13. The molecule has 5 fully saturated rings. The Balaban J connectivity index is 0.754. The maximum absolute atomic E-state index is 14.1. The van der Waals surface area contributed by atoms with Crippen LogP contribution < -0.4 is 30.5 Å². The van der Waals surface area contributed by atoms with Crippen LogP contribution in [-0.2, 0) is 9.59 Å². The maximum Gasteiger partial charge on any atom is 0.249 e. The lowest BCUT2D eigenvalue weighted by molar-refractivity contribution is -0.134. The number of ether oxygens (including phenoxy) is 1. The van der Waals surface area contributed by atoms with Crippen molar-refractivity contribution in [1.29, 1.82) is 0 Å². The summed E-state index contributed by atoms with van der Waals surface area (Å²) in [5.74, 6) is 1.91. The number of carbonyl (C=O) groups excluding carboxylic acids is 2. The number of carbonyl (C=O) groups is 2. The van der Waals surface area contributed by atoms with Crippen LogP contribution in [0.5, 0.6) is 11.5 Å². The van der Waals surface area contributed by atoms with E-state index in [1.54, 1.807) is 6.07 Å². The van der Waals surface area contributed by atoms with Crippen LogP contribution in [0.1, 0.15) is 87.3 Å². The molecule has 2 aromatic carbocycles. The van der Waals surface area contributed by atoms with Gasteiger partial charge in [-0.05, 0) is 119 Å². The Morgan fingerprint density at radius 1 is 0.831 bits per heavy atom. The van der Waals surface area contributed by atoms with Crippen molar-refractivity contribution in [3.8, 4) is 22.8 Å². The molecule has 2 amide bonds. The highest BCUT2D eigenvalue weighted by atomic mass is 19.1. The van der Waals surface area contributed by atoms with Crippen molar-refractivity contribution in [3.63, 3.8) is 0 Å². The molecule has 2 aromatic heterocycles. The van der Waals surface area contributed by atoms with Crippen molar-refractivity contribution in [2.24, 2.45) is 0 Å². The zero-order valence-electron chi connectivity index (χ0n) is 33.2. The average Bonchev–Trinajstić information content (AvgIpc) is 3.53. The van der Waals surface area contributed by atoms with Gasteiger partial charge >= 0.3 is 0 Å². The molecule has 59 heavy (non-hydrogen) atoms. The minimum Gasteiger partial charge on any atom is -0.507 e. The van der Waals surface area contributed by atoms with Crippen molar-refractivity contribution in [2.45, 2.75) is 100 Å². The highest BCUT2D eigenvalue weighted by molar-refractivity contribution is 6.02. The van der Waals surface area contributed by atoms with E-state index >= 15 is 0 Å². The number of phenolic OH excluding ortho intramolecular Hbond substituents is 1. The number of piperidine rings is 2.